The van der Waals surface area contributed by atoms with Gasteiger partial charge >= 0.3 is 5.97 Å². The van der Waals surface area contributed by atoms with E-state index in [9.17, 15) is 4.79 Å². The molecule has 20 heavy (non-hydrogen) atoms. The molecule has 1 N–H and O–H groups in total. The summed E-state index contributed by atoms with van der Waals surface area (Å²) in [7, 11) is 0. The van der Waals surface area contributed by atoms with Gasteiger partial charge in [-0.2, -0.15) is 0 Å². The van der Waals surface area contributed by atoms with Crippen molar-refractivity contribution in [3.63, 3.8) is 0 Å². The highest BCUT2D eigenvalue weighted by atomic mass is 16.4. The van der Waals surface area contributed by atoms with Crippen molar-refractivity contribution in [2.24, 2.45) is 0 Å². The van der Waals surface area contributed by atoms with Crippen LogP contribution >= 0.6 is 0 Å². The number of hydrogen-bond donors (Lipinski definition) is 1. The summed E-state index contributed by atoms with van der Waals surface area (Å²) in [4.78, 5) is 19.6. The van der Waals surface area contributed by atoms with Crippen molar-refractivity contribution in [1.82, 2.24) is 14.5 Å². The van der Waals surface area contributed by atoms with Gasteiger partial charge in [-0.15, -0.1) is 0 Å². The lowest BCUT2D eigenvalue weighted by molar-refractivity contribution is -0.137. The van der Waals surface area contributed by atoms with Crippen LogP contribution in [0.15, 0.2) is 48.8 Å². The van der Waals surface area contributed by atoms with Gasteiger partial charge in [-0.3, -0.25) is 9.78 Å². The van der Waals surface area contributed by atoms with E-state index in [1.54, 1.807) is 17.0 Å². The normalized spacial score (nSPS) is 10.8. The lowest BCUT2D eigenvalue weighted by Gasteiger charge is -2.05. The number of pyridine rings is 1. The molecular weight excluding hydrogens is 254 g/mol. The largest absolute Gasteiger partial charge is 0.480 e. The molecule has 0 aliphatic rings. The Hall–Kier alpha value is -2.69. The molecule has 0 fully saturated rings. The summed E-state index contributed by atoms with van der Waals surface area (Å²) in [6, 6.07) is 11.9. The Morgan fingerprint density at radius 2 is 2.05 bits per heavy atom. The summed E-state index contributed by atoms with van der Waals surface area (Å²) in [5.41, 5.74) is 1.81. The van der Waals surface area contributed by atoms with Crippen LogP contribution < -0.4 is 0 Å². The van der Waals surface area contributed by atoms with Crippen molar-refractivity contribution in [3.05, 3.63) is 60.3 Å². The van der Waals surface area contributed by atoms with Crippen LogP contribution in [-0.2, 0) is 17.8 Å². The molecule has 2 heterocycles. The molecule has 0 unspecified atom stereocenters. The Balaban J connectivity index is 1.89. The van der Waals surface area contributed by atoms with Crippen molar-refractivity contribution >= 4 is 16.9 Å². The van der Waals surface area contributed by atoms with Gasteiger partial charge in [-0.25, -0.2) is 4.98 Å². The van der Waals surface area contributed by atoms with Gasteiger partial charge in [-0.1, -0.05) is 24.3 Å². The minimum absolute atomic E-state index is 0.0804. The smallest absolute Gasteiger partial charge is 0.323 e. The molecule has 0 spiro atoms. The first-order valence-corrected chi connectivity index (χ1v) is 6.29. The zero-order valence-electron chi connectivity index (χ0n) is 10.7. The summed E-state index contributed by atoms with van der Waals surface area (Å²) in [6.45, 7) is -0.0804. The molecule has 5 heteroatoms. The van der Waals surface area contributed by atoms with E-state index in [0.29, 0.717) is 12.2 Å². The molecule has 0 radical (unpaired) electrons. The lowest BCUT2D eigenvalue weighted by atomic mass is 10.2. The third kappa shape index (κ3) is 2.51. The number of aromatic nitrogens is 3. The number of benzene rings is 1. The molecule has 0 saturated carbocycles. The zero-order valence-corrected chi connectivity index (χ0v) is 10.7. The number of imidazole rings is 1. The topological polar surface area (TPSA) is 68.0 Å². The summed E-state index contributed by atoms with van der Waals surface area (Å²) in [5, 5.41) is 9.94. The van der Waals surface area contributed by atoms with Gasteiger partial charge in [0, 0.05) is 29.9 Å². The van der Waals surface area contributed by atoms with Crippen LogP contribution in [0.1, 0.15) is 11.5 Å². The Morgan fingerprint density at radius 3 is 2.90 bits per heavy atom. The Morgan fingerprint density at radius 1 is 1.20 bits per heavy atom. The zero-order chi connectivity index (χ0) is 13.9. The van der Waals surface area contributed by atoms with Crippen LogP contribution in [0, 0.1) is 0 Å². The van der Waals surface area contributed by atoms with Gasteiger partial charge in [0.2, 0.25) is 0 Å². The monoisotopic (exact) mass is 267 g/mol. The Labute approximate surface area is 115 Å². The van der Waals surface area contributed by atoms with Gasteiger partial charge in [-0.05, 0) is 12.1 Å². The molecule has 5 nitrogen and oxygen atoms in total. The van der Waals surface area contributed by atoms with Crippen LogP contribution in [0.25, 0.3) is 10.9 Å². The molecule has 3 aromatic rings. The van der Waals surface area contributed by atoms with E-state index in [2.05, 4.69) is 9.97 Å². The Kier molecular flexibility index (Phi) is 3.16. The first kappa shape index (κ1) is 12.3. The number of carboxylic acid groups (broad SMARTS) is 1. The van der Waals surface area contributed by atoms with Crippen molar-refractivity contribution in [2.45, 2.75) is 13.0 Å². The summed E-state index contributed by atoms with van der Waals surface area (Å²) in [6.07, 6.45) is 3.80. The average Bonchev–Trinajstić information content (AvgIpc) is 2.85. The number of aliphatic carboxylic acids is 1. The minimum atomic E-state index is -0.879. The highest BCUT2D eigenvalue weighted by Crippen LogP contribution is 2.14. The second-order valence-electron chi connectivity index (χ2n) is 4.54. The highest BCUT2D eigenvalue weighted by molar-refractivity contribution is 5.78. The molecule has 0 amide bonds. The van der Waals surface area contributed by atoms with Crippen molar-refractivity contribution in [2.75, 3.05) is 0 Å². The number of nitrogens with zero attached hydrogens (tertiary/aromatic N) is 3. The van der Waals surface area contributed by atoms with E-state index < -0.39 is 5.97 Å². The quantitative estimate of drug-likeness (QED) is 0.786. The van der Waals surface area contributed by atoms with E-state index >= 15 is 0 Å². The fourth-order valence-electron chi connectivity index (χ4n) is 2.17. The number of carbonyl (C=O) groups is 1. The van der Waals surface area contributed by atoms with Gasteiger partial charge in [0.15, 0.2) is 0 Å². The van der Waals surface area contributed by atoms with Crippen molar-refractivity contribution in [3.8, 4) is 0 Å². The molecule has 0 bridgehead atoms. The summed E-state index contributed by atoms with van der Waals surface area (Å²) < 4.78 is 1.62. The average molecular weight is 267 g/mol. The molecule has 1 aromatic carbocycles. The second-order valence-corrected chi connectivity index (χ2v) is 4.54. The molecule has 100 valence electrons. The third-order valence-electron chi connectivity index (χ3n) is 3.10. The fourth-order valence-corrected chi connectivity index (χ4v) is 2.17. The highest BCUT2D eigenvalue weighted by Gasteiger charge is 2.08. The number of para-hydroxylation sites is 1. The van der Waals surface area contributed by atoms with Crippen molar-refractivity contribution < 1.29 is 9.90 Å². The summed E-state index contributed by atoms with van der Waals surface area (Å²) in [5.74, 6) is -0.175. The SMILES string of the molecule is O=C(O)Cn1ccnc1Cc1ccc2ccccc2n1. The van der Waals surface area contributed by atoms with Crippen molar-refractivity contribution in [1.29, 1.82) is 0 Å². The molecule has 3 rings (SSSR count). The van der Waals surface area contributed by atoms with E-state index in [1.165, 1.54) is 0 Å². The van der Waals surface area contributed by atoms with E-state index in [-0.39, 0.29) is 6.54 Å². The van der Waals surface area contributed by atoms with E-state index in [1.807, 2.05) is 36.4 Å². The summed E-state index contributed by atoms with van der Waals surface area (Å²) >= 11 is 0. The van der Waals surface area contributed by atoms with Crippen LogP contribution in [0.3, 0.4) is 0 Å². The molecular formula is C15H13N3O2. The number of rotatable bonds is 4. The Bertz CT molecular complexity index is 764. The molecule has 2 aromatic heterocycles. The molecule has 0 atom stereocenters. The number of hydrogen-bond acceptors (Lipinski definition) is 3. The van der Waals surface area contributed by atoms with E-state index in [0.717, 1.165) is 16.6 Å². The molecule has 0 aliphatic carbocycles. The van der Waals surface area contributed by atoms with Gasteiger partial charge in [0.25, 0.3) is 0 Å². The standard InChI is InChI=1S/C15H13N3O2/c19-15(20)10-18-8-7-16-14(18)9-12-6-5-11-3-1-2-4-13(11)17-12/h1-8H,9-10H2,(H,19,20). The van der Waals surface area contributed by atoms with Crippen LogP contribution in [-0.4, -0.2) is 25.6 Å². The third-order valence-corrected chi connectivity index (χ3v) is 3.10. The van der Waals surface area contributed by atoms with Crippen LogP contribution in [0.2, 0.25) is 0 Å². The lowest BCUT2D eigenvalue weighted by Crippen LogP contribution is -2.11. The maximum atomic E-state index is 10.8. The molecule has 0 saturated heterocycles. The first-order valence-electron chi connectivity index (χ1n) is 6.29. The fraction of sp³-hybridized carbons (Fsp3) is 0.133. The number of fused-ring (bicyclic) bond motifs is 1. The van der Waals surface area contributed by atoms with E-state index in [4.69, 9.17) is 5.11 Å². The maximum absolute atomic E-state index is 10.8. The first-order chi connectivity index (χ1) is 9.72. The number of carboxylic acids is 1. The van der Waals surface area contributed by atoms with Crippen LogP contribution in [0.4, 0.5) is 0 Å². The predicted octanol–water partition coefficient (Wildman–Crippen LogP) is 2.11. The predicted molar refractivity (Wildman–Crippen MR) is 74.4 cm³/mol. The maximum Gasteiger partial charge on any atom is 0.323 e. The van der Waals surface area contributed by atoms with Gasteiger partial charge in [0.05, 0.1) is 5.52 Å². The van der Waals surface area contributed by atoms with Gasteiger partial charge < -0.3 is 9.67 Å². The van der Waals surface area contributed by atoms with Gasteiger partial charge in [0.1, 0.15) is 12.4 Å². The van der Waals surface area contributed by atoms with Crippen LogP contribution in [0.5, 0.6) is 0 Å². The minimum Gasteiger partial charge on any atom is -0.480 e. The molecule has 0 aliphatic heterocycles. The second kappa shape index (κ2) is 5.13.